The lowest BCUT2D eigenvalue weighted by Gasteiger charge is -2.15. The summed E-state index contributed by atoms with van der Waals surface area (Å²) in [6, 6.07) is 0. The molecule has 11 heavy (non-hydrogen) atoms. The zero-order valence-corrected chi connectivity index (χ0v) is 9.28. The van der Waals surface area contributed by atoms with Crippen LogP contribution in [0.3, 0.4) is 0 Å². The number of fused-ring (bicyclic) bond motifs is 1. The van der Waals surface area contributed by atoms with E-state index in [1.165, 1.54) is 10.5 Å². The first-order valence-corrected chi connectivity index (χ1v) is 5.47. The van der Waals surface area contributed by atoms with Crippen LogP contribution in [0.2, 0.25) is 0 Å². The number of hydrogen-bond donors (Lipinski definition) is 0. The molecule has 0 saturated carbocycles. The summed E-state index contributed by atoms with van der Waals surface area (Å²) in [7, 11) is 0. The van der Waals surface area contributed by atoms with E-state index in [1.54, 1.807) is 0 Å². The van der Waals surface area contributed by atoms with Gasteiger partial charge in [-0.25, -0.2) is 0 Å². The van der Waals surface area contributed by atoms with Crippen LogP contribution in [0, 0.1) is 0 Å². The average molecular weight is 298 g/mol. The quantitative estimate of drug-likeness (QED) is 0.499. The summed E-state index contributed by atoms with van der Waals surface area (Å²) in [5.41, 5.74) is 1.20. The van der Waals surface area contributed by atoms with Crippen LogP contribution in [0.4, 0.5) is 0 Å². The molecular formula is C7H5ClINS. The van der Waals surface area contributed by atoms with Crippen LogP contribution in [-0.4, -0.2) is 8.87 Å². The lowest BCUT2D eigenvalue weighted by molar-refractivity contribution is 0.897. The first-order chi connectivity index (χ1) is 5.27. The van der Waals surface area contributed by atoms with Gasteiger partial charge in [0.1, 0.15) is 0 Å². The second-order valence-corrected chi connectivity index (χ2v) is 4.83. The Bertz CT molecular complexity index is 282. The summed E-state index contributed by atoms with van der Waals surface area (Å²) < 4.78 is 1.96. The van der Waals surface area contributed by atoms with E-state index in [-0.39, 0.29) is 0 Å². The fourth-order valence-electron chi connectivity index (χ4n) is 1.04. The van der Waals surface area contributed by atoms with Crippen molar-refractivity contribution < 1.29 is 0 Å². The molecular weight excluding hydrogens is 293 g/mol. The molecule has 2 rings (SSSR count). The van der Waals surface area contributed by atoms with Crippen molar-refractivity contribution in [3.8, 4) is 0 Å². The van der Waals surface area contributed by atoms with Crippen LogP contribution in [0.15, 0.2) is 34.0 Å². The van der Waals surface area contributed by atoms with Gasteiger partial charge >= 0.3 is 0 Å². The fraction of sp³-hybridized carbons (Fsp3) is 0.143. The number of nitrogens with zero attached hydrogens (tertiary/aromatic N) is 1. The topological polar surface area (TPSA) is 3.24 Å². The highest BCUT2D eigenvalue weighted by Gasteiger charge is 2.19. The third kappa shape index (κ3) is 1.46. The summed E-state index contributed by atoms with van der Waals surface area (Å²) in [6.45, 7) is 0. The van der Waals surface area contributed by atoms with Crippen molar-refractivity contribution in [2.45, 2.75) is 0 Å². The molecule has 58 valence electrons. The number of thioether (sulfide) groups is 1. The van der Waals surface area contributed by atoms with Gasteiger partial charge in [-0.15, -0.1) is 11.8 Å². The minimum atomic E-state index is 0.849. The Kier molecular flexibility index (Phi) is 2.21. The summed E-state index contributed by atoms with van der Waals surface area (Å²) in [6.07, 6.45) is 6.18. The molecule has 0 saturated heterocycles. The average Bonchev–Trinajstić information content (AvgIpc) is 2.34. The van der Waals surface area contributed by atoms with Crippen LogP contribution in [0.5, 0.6) is 0 Å². The largest absolute Gasteiger partial charge is 0.295 e. The van der Waals surface area contributed by atoms with Crippen molar-refractivity contribution in [2.24, 2.45) is 0 Å². The fourth-order valence-corrected chi connectivity index (χ4v) is 3.26. The normalized spacial score (nSPS) is 22.4. The van der Waals surface area contributed by atoms with Crippen LogP contribution < -0.4 is 0 Å². The predicted octanol–water partition coefficient (Wildman–Crippen LogP) is 3.25. The van der Waals surface area contributed by atoms with Crippen molar-refractivity contribution in [1.29, 1.82) is 0 Å². The van der Waals surface area contributed by atoms with Gasteiger partial charge in [-0.2, -0.15) is 0 Å². The standard InChI is InChI=1S/C7H5ClINS/c8-6-3-10(9)4-7-5(6)1-2-11-7/h1,3-4H,2H2. The van der Waals surface area contributed by atoms with Gasteiger partial charge in [0.15, 0.2) is 0 Å². The van der Waals surface area contributed by atoms with E-state index in [2.05, 4.69) is 35.1 Å². The maximum atomic E-state index is 6.00. The van der Waals surface area contributed by atoms with E-state index >= 15 is 0 Å². The maximum absolute atomic E-state index is 6.00. The van der Waals surface area contributed by atoms with E-state index < -0.39 is 0 Å². The van der Waals surface area contributed by atoms with Gasteiger partial charge in [-0.3, -0.25) is 3.11 Å². The molecule has 4 heteroatoms. The van der Waals surface area contributed by atoms with Crippen LogP contribution >= 0.6 is 46.2 Å². The Labute approximate surface area is 88.7 Å². The Morgan fingerprint density at radius 3 is 3.18 bits per heavy atom. The monoisotopic (exact) mass is 297 g/mol. The van der Waals surface area contributed by atoms with E-state index in [0.29, 0.717) is 0 Å². The van der Waals surface area contributed by atoms with Gasteiger partial charge in [-0.05, 0) is 0 Å². The van der Waals surface area contributed by atoms with Crippen molar-refractivity contribution in [2.75, 3.05) is 5.75 Å². The van der Waals surface area contributed by atoms with E-state index in [4.69, 9.17) is 11.6 Å². The van der Waals surface area contributed by atoms with Gasteiger partial charge in [0, 0.05) is 28.6 Å². The molecule has 2 aliphatic rings. The van der Waals surface area contributed by atoms with E-state index in [9.17, 15) is 0 Å². The molecule has 1 nitrogen and oxygen atoms in total. The zero-order valence-electron chi connectivity index (χ0n) is 5.55. The van der Waals surface area contributed by atoms with Crippen molar-refractivity contribution in [1.82, 2.24) is 3.11 Å². The van der Waals surface area contributed by atoms with E-state index in [1.807, 2.05) is 21.1 Å². The highest BCUT2D eigenvalue weighted by atomic mass is 127. The Morgan fingerprint density at radius 2 is 2.36 bits per heavy atom. The molecule has 0 radical (unpaired) electrons. The molecule has 0 bridgehead atoms. The maximum Gasteiger partial charge on any atom is 0.0657 e. The molecule has 0 N–H and O–H groups in total. The van der Waals surface area contributed by atoms with Crippen LogP contribution in [0.1, 0.15) is 0 Å². The zero-order chi connectivity index (χ0) is 7.84. The van der Waals surface area contributed by atoms with Gasteiger partial charge in [0.2, 0.25) is 0 Å². The van der Waals surface area contributed by atoms with Crippen molar-refractivity contribution in [3.63, 3.8) is 0 Å². The second kappa shape index (κ2) is 3.03. The lowest BCUT2D eigenvalue weighted by atomic mass is 10.2. The summed E-state index contributed by atoms with van der Waals surface area (Å²) in [5, 5.41) is 0.849. The Hall–Kier alpha value is 0.390. The molecule has 0 amide bonds. The number of halogens is 2. The molecule has 0 aromatic heterocycles. The molecule has 0 aliphatic carbocycles. The summed E-state index contributed by atoms with van der Waals surface area (Å²) >= 11 is 10.0. The number of hydrogen-bond acceptors (Lipinski definition) is 2. The SMILES string of the molecule is ClC1=CN(I)C=C2SCC=C12. The first kappa shape index (κ1) is 8.01. The highest BCUT2D eigenvalue weighted by molar-refractivity contribution is 14.1. The number of rotatable bonds is 0. The smallest absolute Gasteiger partial charge is 0.0657 e. The molecule has 0 aromatic rings. The van der Waals surface area contributed by atoms with Gasteiger partial charge < -0.3 is 0 Å². The minimum Gasteiger partial charge on any atom is -0.295 e. The lowest BCUT2D eigenvalue weighted by Crippen LogP contribution is -2.00. The van der Waals surface area contributed by atoms with Gasteiger partial charge in [-0.1, -0.05) is 17.7 Å². The first-order valence-electron chi connectivity index (χ1n) is 3.14. The molecule has 2 aliphatic heterocycles. The Morgan fingerprint density at radius 1 is 1.55 bits per heavy atom. The summed E-state index contributed by atoms with van der Waals surface area (Å²) in [4.78, 5) is 1.28. The third-order valence-corrected chi connectivity index (χ3v) is 3.35. The molecule has 0 fully saturated rings. The number of allylic oxidation sites excluding steroid dienone is 2. The van der Waals surface area contributed by atoms with Crippen LogP contribution in [-0.2, 0) is 0 Å². The van der Waals surface area contributed by atoms with Gasteiger partial charge in [0.05, 0.1) is 27.9 Å². The minimum absolute atomic E-state index is 0.849. The Balaban J connectivity index is 2.40. The van der Waals surface area contributed by atoms with Crippen LogP contribution in [0.25, 0.3) is 0 Å². The second-order valence-electron chi connectivity index (χ2n) is 2.24. The predicted molar refractivity (Wildman–Crippen MR) is 58.4 cm³/mol. The summed E-state index contributed by atoms with van der Waals surface area (Å²) in [5.74, 6) is 1.05. The highest BCUT2D eigenvalue weighted by Crippen LogP contribution is 2.40. The molecule has 0 unspecified atom stereocenters. The third-order valence-electron chi connectivity index (χ3n) is 1.53. The van der Waals surface area contributed by atoms with Crippen molar-refractivity contribution in [3.05, 3.63) is 34.0 Å². The van der Waals surface area contributed by atoms with Crippen molar-refractivity contribution >= 4 is 46.2 Å². The molecule has 0 spiro atoms. The van der Waals surface area contributed by atoms with Gasteiger partial charge in [0.25, 0.3) is 0 Å². The van der Waals surface area contributed by atoms with E-state index in [0.717, 1.165) is 10.8 Å². The molecule has 0 atom stereocenters. The molecule has 0 aromatic carbocycles. The molecule has 2 heterocycles.